The van der Waals surface area contributed by atoms with Crippen LogP contribution in [0, 0.1) is 0 Å². The molecular formula is C14H22N2O3S2. The van der Waals surface area contributed by atoms with Crippen LogP contribution in [0.3, 0.4) is 0 Å². The lowest BCUT2D eigenvalue weighted by molar-refractivity contribution is 0.314. The van der Waals surface area contributed by atoms with Crippen molar-refractivity contribution in [2.24, 2.45) is 5.73 Å². The van der Waals surface area contributed by atoms with E-state index >= 15 is 0 Å². The average molecular weight is 330 g/mol. The zero-order chi connectivity index (χ0) is 15.3. The smallest absolute Gasteiger partial charge is 0.240 e. The van der Waals surface area contributed by atoms with Gasteiger partial charge in [-0.05, 0) is 36.8 Å². The van der Waals surface area contributed by atoms with E-state index in [0.29, 0.717) is 17.9 Å². The third-order valence-electron chi connectivity index (χ3n) is 3.28. The third-order valence-corrected chi connectivity index (χ3v) is 5.96. The molecule has 5 nitrogen and oxygen atoms in total. The van der Waals surface area contributed by atoms with Crippen molar-refractivity contribution in [3.05, 3.63) is 23.8 Å². The van der Waals surface area contributed by atoms with Crippen LogP contribution in [0.1, 0.15) is 25.3 Å². The highest BCUT2D eigenvalue weighted by Gasteiger charge is 2.23. The molecule has 1 atom stereocenters. The molecule has 118 valence electrons. The van der Waals surface area contributed by atoms with Gasteiger partial charge in [0.25, 0.3) is 0 Å². The summed E-state index contributed by atoms with van der Waals surface area (Å²) in [6, 6.07) is 4.90. The van der Waals surface area contributed by atoms with Crippen LogP contribution < -0.4 is 15.2 Å². The first-order chi connectivity index (χ1) is 10.1. The fraction of sp³-hybridized carbons (Fsp3) is 0.571. The number of sulfonamides is 1. The van der Waals surface area contributed by atoms with E-state index in [2.05, 4.69) is 4.72 Å². The molecule has 0 amide bonds. The molecular weight excluding hydrogens is 308 g/mol. The Kier molecular flexibility index (Phi) is 5.92. The van der Waals surface area contributed by atoms with Crippen molar-refractivity contribution < 1.29 is 13.2 Å². The highest BCUT2D eigenvalue weighted by atomic mass is 32.2. The third kappa shape index (κ3) is 4.35. The van der Waals surface area contributed by atoms with Gasteiger partial charge in [-0.3, -0.25) is 0 Å². The second kappa shape index (κ2) is 7.49. The van der Waals surface area contributed by atoms with Gasteiger partial charge in [0.05, 0.1) is 11.5 Å². The molecule has 1 aliphatic rings. The lowest BCUT2D eigenvalue weighted by Crippen LogP contribution is -2.34. The Hall–Kier alpha value is -0.760. The maximum Gasteiger partial charge on any atom is 0.240 e. The first-order valence-electron chi connectivity index (χ1n) is 7.12. The minimum absolute atomic E-state index is 0.0253. The molecule has 3 N–H and O–H groups in total. The minimum Gasteiger partial charge on any atom is -0.493 e. The average Bonchev–Trinajstić information content (AvgIpc) is 2.97. The summed E-state index contributed by atoms with van der Waals surface area (Å²) < 4.78 is 33.1. The van der Waals surface area contributed by atoms with Crippen LogP contribution >= 0.6 is 11.8 Å². The van der Waals surface area contributed by atoms with E-state index in [9.17, 15) is 8.42 Å². The summed E-state index contributed by atoms with van der Waals surface area (Å²) in [6.07, 6.45) is 1.77. The summed E-state index contributed by atoms with van der Waals surface area (Å²) in [5.41, 5.74) is 6.41. The van der Waals surface area contributed by atoms with Crippen molar-refractivity contribution >= 4 is 21.8 Å². The number of benzene rings is 1. The highest BCUT2D eigenvalue weighted by molar-refractivity contribution is 7.99. The summed E-state index contributed by atoms with van der Waals surface area (Å²) >= 11 is 1.77. The molecule has 1 heterocycles. The van der Waals surface area contributed by atoms with Crippen LogP contribution in [-0.2, 0) is 16.6 Å². The molecule has 21 heavy (non-hydrogen) atoms. The maximum atomic E-state index is 12.4. The molecule has 0 radical (unpaired) electrons. The van der Waals surface area contributed by atoms with E-state index in [1.165, 1.54) is 0 Å². The Morgan fingerprint density at radius 2 is 2.29 bits per heavy atom. The van der Waals surface area contributed by atoms with Crippen molar-refractivity contribution in [3.8, 4) is 5.75 Å². The first kappa shape index (κ1) is 16.6. The van der Waals surface area contributed by atoms with Gasteiger partial charge in [0.15, 0.2) is 0 Å². The Balaban J connectivity index is 2.18. The van der Waals surface area contributed by atoms with Crippen LogP contribution in [0.15, 0.2) is 23.1 Å². The Labute approximate surface area is 130 Å². The number of ether oxygens (including phenoxy) is 1. The van der Waals surface area contributed by atoms with Gasteiger partial charge in [-0.15, -0.1) is 0 Å². The predicted molar refractivity (Wildman–Crippen MR) is 86.2 cm³/mol. The molecule has 1 aliphatic heterocycles. The molecule has 0 spiro atoms. The zero-order valence-corrected chi connectivity index (χ0v) is 13.8. The van der Waals surface area contributed by atoms with E-state index in [-0.39, 0.29) is 17.5 Å². The summed E-state index contributed by atoms with van der Waals surface area (Å²) in [5, 5.41) is 0. The van der Waals surface area contributed by atoms with Crippen molar-refractivity contribution in [1.82, 2.24) is 4.72 Å². The molecule has 1 saturated heterocycles. The van der Waals surface area contributed by atoms with Crippen LogP contribution in [0.25, 0.3) is 0 Å². The maximum absolute atomic E-state index is 12.4. The largest absolute Gasteiger partial charge is 0.493 e. The van der Waals surface area contributed by atoms with Crippen LogP contribution in [0.4, 0.5) is 0 Å². The summed E-state index contributed by atoms with van der Waals surface area (Å²) in [6.45, 7) is 2.86. The Morgan fingerprint density at radius 3 is 2.90 bits per heavy atom. The van der Waals surface area contributed by atoms with E-state index in [4.69, 9.17) is 10.5 Å². The quantitative estimate of drug-likeness (QED) is 0.795. The number of nitrogens with two attached hydrogens (primary N) is 1. The topological polar surface area (TPSA) is 81.4 Å². The van der Waals surface area contributed by atoms with Gasteiger partial charge in [0, 0.05) is 23.9 Å². The lowest BCUT2D eigenvalue weighted by atomic mass is 10.2. The van der Waals surface area contributed by atoms with Crippen LogP contribution in [0.2, 0.25) is 0 Å². The van der Waals surface area contributed by atoms with Crippen molar-refractivity contribution in [1.29, 1.82) is 0 Å². The molecule has 1 aromatic carbocycles. The van der Waals surface area contributed by atoms with Gasteiger partial charge < -0.3 is 10.5 Å². The van der Waals surface area contributed by atoms with E-state index < -0.39 is 10.0 Å². The van der Waals surface area contributed by atoms with Crippen LogP contribution in [-0.4, -0.2) is 32.6 Å². The number of nitrogens with one attached hydrogen (secondary N) is 1. The molecule has 2 rings (SSSR count). The summed E-state index contributed by atoms with van der Waals surface area (Å²) in [7, 11) is -3.49. The minimum atomic E-state index is -3.49. The fourth-order valence-electron chi connectivity index (χ4n) is 2.15. The Bertz CT molecular complexity index is 570. The Morgan fingerprint density at radius 1 is 1.48 bits per heavy atom. The zero-order valence-electron chi connectivity index (χ0n) is 12.2. The summed E-state index contributed by atoms with van der Waals surface area (Å²) in [4.78, 5) is 0.253. The van der Waals surface area contributed by atoms with E-state index in [1.807, 2.05) is 6.92 Å². The van der Waals surface area contributed by atoms with Crippen LogP contribution in [0.5, 0.6) is 5.75 Å². The van der Waals surface area contributed by atoms with Crippen molar-refractivity contribution in [2.75, 3.05) is 18.1 Å². The number of thioether (sulfide) groups is 1. The predicted octanol–water partition coefficient (Wildman–Crippen LogP) is 1.72. The second-order valence-corrected chi connectivity index (χ2v) is 7.87. The molecule has 0 saturated carbocycles. The molecule has 1 fully saturated rings. The molecule has 7 heteroatoms. The van der Waals surface area contributed by atoms with Gasteiger partial charge in [-0.2, -0.15) is 11.8 Å². The van der Waals surface area contributed by atoms with E-state index in [0.717, 1.165) is 24.3 Å². The molecule has 1 aromatic rings. The summed E-state index contributed by atoms with van der Waals surface area (Å²) in [5.74, 6) is 2.50. The standard InChI is InChI=1S/C14H22N2O3S2/c1-2-6-19-14-4-3-13(8-11(14)9-15)21(17,18)16-12-5-7-20-10-12/h3-4,8,12,16H,2,5-7,9-10,15H2,1H3. The van der Waals surface area contributed by atoms with Gasteiger partial charge in [-0.25, -0.2) is 13.1 Å². The first-order valence-corrected chi connectivity index (χ1v) is 9.76. The van der Waals surface area contributed by atoms with Crippen molar-refractivity contribution in [2.45, 2.75) is 37.2 Å². The lowest BCUT2D eigenvalue weighted by Gasteiger charge is -2.14. The monoisotopic (exact) mass is 330 g/mol. The molecule has 0 bridgehead atoms. The second-order valence-electron chi connectivity index (χ2n) is 5.00. The molecule has 0 aliphatic carbocycles. The SMILES string of the molecule is CCCOc1ccc(S(=O)(=O)NC2CCSC2)cc1CN. The van der Waals surface area contributed by atoms with Gasteiger partial charge >= 0.3 is 0 Å². The number of rotatable bonds is 7. The van der Waals surface area contributed by atoms with Gasteiger partial charge in [-0.1, -0.05) is 6.92 Å². The fourth-order valence-corrected chi connectivity index (χ4v) is 4.73. The molecule has 0 aromatic heterocycles. The molecule has 1 unspecified atom stereocenters. The number of hydrogen-bond donors (Lipinski definition) is 2. The van der Waals surface area contributed by atoms with E-state index in [1.54, 1.807) is 30.0 Å². The highest BCUT2D eigenvalue weighted by Crippen LogP contribution is 2.24. The van der Waals surface area contributed by atoms with Gasteiger partial charge in [0.2, 0.25) is 10.0 Å². The normalized spacial score (nSPS) is 18.9. The van der Waals surface area contributed by atoms with Crippen molar-refractivity contribution in [3.63, 3.8) is 0 Å². The number of hydrogen-bond acceptors (Lipinski definition) is 5. The van der Waals surface area contributed by atoms with Gasteiger partial charge in [0.1, 0.15) is 5.75 Å².